The molecule has 1 atom stereocenters. The summed E-state index contributed by atoms with van der Waals surface area (Å²) in [4.78, 5) is 24.1. The number of hydrogen-bond donors (Lipinski definition) is 0. The molecule has 5 nitrogen and oxygen atoms in total. The molecule has 0 N–H and O–H groups in total. The number of amides is 1. The van der Waals surface area contributed by atoms with Gasteiger partial charge in [-0.1, -0.05) is 13.0 Å². The molecule has 1 amide bonds. The normalized spacial score (nSPS) is 18.5. The Morgan fingerprint density at radius 3 is 3.09 bits per heavy atom. The molecule has 0 aliphatic carbocycles. The fourth-order valence-corrected chi connectivity index (χ4v) is 3.50. The summed E-state index contributed by atoms with van der Waals surface area (Å²) < 4.78 is 5.63. The number of pyridine rings is 1. The molecule has 3 rings (SSSR count). The number of nitrogens with zero attached hydrogens (tertiary/aromatic N) is 3. The molecule has 3 heterocycles. The highest BCUT2D eigenvalue weighted by atomic mass is 32.1. The fourth-order valence-electron chi connectivity index (χ4n) is 2.49. The number of thiazole rings is 1. The topological polar surface area (TPSA) is 55.3 Å². The van der Waals surface area contributed by atoms with Crippen LogP contribution in [0.15, 0.2) is 24.4 Å². The number of carbonyl (C=O) groups excluding carboxylic acids is 1. The maximum atomic E-state index is 12.7. The molecule has 1 aliphatic heterocycles. The van der Waals surface area contributed by atoms with Gasteiger partial charge in [0.1, 0.15) is 9.88 Å². The number of ether oxygens (including phenoxy) is 1. The number of morpholine rings is 1. The van der Waals surface area contributed by atoms with Crippen LogP contribution in [0.4, 0.5) is 0 Å². The van der Waals surface area contributed by atoms with Gasteiger partial charge < -0.3 is 9.64 Å². The summed E-state index contributed by atoms with van der Waals surface area (Å²) in [7, 11) is 0. The molecule has 0 unspecified atom stereocenters. The van der Waals surface area contributed by atoms with Gasteiger partial charge in [-0.25, -0.2) is 4.98 Å². The SMILES string of the molecule is CC[C@H]1CN(C(=O)c2sc(-c3ccccn3)nc2C)CCO1. The molecular weight excluding hydrogens is 298 g/mol. The van der Waals surface area contributed by atoms with E-state index in [0.717, 1.165) is 22.8 Å². The highest BCUT2D eigenvalue weighted by Crippen LogP contribution is 2.28. The second-order valence-corrected chi connectivity index (χ2v) is 6.30. The van der Waals surface area contributed by atoms with Gasteiger partial charge in [-0.2, -0.15) is 0 Å². The zero-order chi connectivity index (χ0) is 15.5. The largest absolute Gasteiger partial charge is 0.375 e. The van der Waals surface area contributed by atoms with Gasteiger partial charge in [-0.3, -0.25) is 9.78 Å². The van der Waals surface area contributed by atoms with Gasteiger partial charge in [-0.05, 0) is 25.5 Å². The van der Waals surface area contributed by atoms with Crippen molar-refractivity contribution in [2.75, 3.05) is 19.7 Å². The van der Waals surface area contributed by atoms with Crippen molar-refractivity contribution in [2.24, 2.45) is 0 Å². The molecule has 0 radical (unpaired) electrons. The summed E-state index contributed by atoms with van der Waals surface area (Å²) in [6.07, 6.45) is 2.80. The lowest BCUT2D eigenvalue weighted by Gasteiger charge is -2.32. The van der Waals surface area contributed by atoms with E-state index in [4.69, 9.17) is 4.74 Å². The molecule has 0 aromatic carbocycles. The maximum Gasteiger partial charge on any atom is 0.266 e. The second-order valence-electron chi connectivity index (χ2n) is 5.30. The molecule has 2 aromatic rings. The average molecular weight is 317 g/mol. The lowest BCUT2D eigenvalue weighted by molar-refractivity contribution is -0.0224. The molecule has 1 saturated heterocycles. The minimum absolute atomic E-state index is 0.0546. The zero-order valence-corrected chi connectivity index (χ0v) is 13.6. The first kappa shape index (κ1) is 15.1. The van der Waals surface area contributed by atoms with E-state index in [-0.39, 0.29) is 12.0 Å². The number of rotatable bonds is 3. The van der Waals surface area contributed by atoms with Crippen LogP contribution in [0.5, 0.6) is 0 Å². The fraction of sp³-hybridized carbons (Fsp3) is 0.438. The van der Waals surface area contributed by atoms with Crippen LogP contribution in [-0.4, -0.2) is 46.6 Å². The molecule has 22 heavy (non-hydrogen) atoms. The number of aryl methyl sites for hydroxylation is 1. The quantitative estimate of drug-likeness (QED) is 0.873. The summed E-state index contributed by atoms with van der Waals surface area (Å²) in [5.41, 5.74) is 1.58. The molecule has 6 heteroatoms. The first-order valence-electron chi connectivity index (χ1n) is 7.48. The summed E-state index contributed by atoms with van der Waals surface area (Å²) in [6, 6.07) is 5.71. The van der Waals surface area contributed by atoms with Crippen molar-refractivity contribution >= 4 is 17.2 Å². The van der Waals surface area contributed by atoms with Crippen LogP contribution in [0.1, 0.15) is 28.7 Å². The van der Waals surface area contributed by atoms with E-state index >= 15 is 0 Å². The van der Waals surface area contributed by atoms with Crippen LogP contribution in [0.2, 0.25) is 0 Å². The van der Waals surface area contributed by atoms with E-state index in [1.165, 1.54) is 11.3 Å². The van der Waals surface area contributed by atoms with Crippen LogP contribution < -0.4 is 0 Å². The summed E-state index contributed by atoms with van der Waals surface area (Å²) in [5, 5.41) is 0.793. The number of carbonyl (C=O) groups is 1. The number of hydrogen-bond acceptors (Lipinski definition) is 5. The van der Waals surface area contributed by atoms with Gasteiger partial charge in [0.25, 0.3) is 5.91 Å². The van der Waals surface area contributed by atoms with Crippen LogP contribution in [0, 0.1) is 6.92 Å². The maximum absolute atomic E-state index is 12.7. The molecule has 0 saturated carbocycles. The molecule has 116 valence electrons. The van der Waals surface area contributed by atoms with Crippen molar-refractivity contribution in [2.45, 2.75) is 26.4 Å². The van der Waals surface area contributed by atoms with Gasteiger partial charge in [0.2, 0.25) is 0 Å². The Morgan fingerprint density at radius 2 is 2.36 bits per heavy atom. The van der Waals surface area contributed by atoms with E-state index in [0.29, 0.717) is 24.6 Å². The highest BCUT2D eigenvalue weighted by molar-refractivity contribution is 7.17. The van der Waals surface area contributed by atoms with Gasteiger partial charge in [0.15, 0.2) is 0 Å². The summed E-state index contributed by atoms with van der Waals surface area (Å²) in [6.45, 7) is 5.87. The minimum atomic E-state index is 0.0546. The summed E-state index contributed by atoms with van der Waals surface area (Å²) >= 11 is 1.42. The smallest absolute Gasteiger partial charge is 0.266 e. The van der Waals surface area contributed by atoms with E-state index in [1.807, 2.05) is 30.0 Å². The van der Waals surface area contributed by atoms with Gasteiger partial charge in [0, 0.05) is 19.3 Å². The van der Waals surface area contributed by atoms with Crippen molar-refractivity contribution in [1.29, 1.82) is 0 Å². The van der Waals surface area contributed by atoms with E-state index in [2.05, 4.69) is 16.9 Å². The van der Waals surface area contributed by atoms with E-state index < -0.39 is 0 Å². The third kappa shape index (κ3) is 3.03. The third-order valence-corrected chi connectivity index (χ3v) is 4.92. The Labute approximate surface area is 134 Å². The first-order chi connectivity index (χ1) is 10.7. The minimum Gasteiger partial charge on any atom is -0.375 e. The number of aromatic nitrogens is 2. The zero-order valence-electron chi connectivity index (χ0n) is 12.8. The van der Waals surface area contributed by atoms with Gasteiger partial charge in [0.05, 0.1) is 24.1 Å². The van der Waals surface area contributed by atoms with Crippen molar-refractivity contribution in [3.8, 4) is 10.7 Å². The molecule has 2 aromatic heterocycles. The summed E-state index contributed by atoms with van der Waals surface area (Å²) in [5.74, 6) is 0.0546. The lowest BCUT2D eigenvalue weighted by atomic mass is 10.2. The molecule has 0 bridgehead atoms. The third-order valence-electron chi connectivity index (χ3n) is 3.76. The van der Waals surface area contributed by atoms with Crippen LogP contribution in [0.3, 0.4) is 0 Å². The van der Waals surface area contributed by atoms with Crippen molar-refractivity contribution < 1.29 is 9.53 Å². The van der Waals surface area contributed by atoms with Crippen LogP contribution >= 0.6 is 11.3 Å². The van der Waals surface area contributed by atoms with Crippen molar-refractivity contribution in [3.63, 3.8) is 0 Å². The Balaban J connectivity index is 1.83. The van der Waals surface area contributed by atoms with Crippen LogP contribution in [-0.2, 0) is 4.74 Å². The van der Waals surface area contributed by atoms with E-state index in [1.54, 1.807) is 6.20 Å². The highest BCUT2D eigenvalue weighted by Gasteiger charge is 2.27. The molecule has 1 fully saturated rings. The van der Waals surface area contributed by atoms with Gasteiger partial charge >= 0.3 is 0 Å². The van der Waals surface area contributed by atoms with Gasteiger partial charge in [-0.15, -0.1) is 11.3 Å². The second kappa shape index (κ2) is 6.54. The Kier molecular flexibility index (Phi) is 4.49. The Morgan fingerprint density at radius 1 is 1.50 bits per heavy atom. The van der Waals surface area contributed by atoms with Crippen molar-refractivity contribution in [3.05, 3.63) is 35.0 Å². The lowest BCUT2D eigenvalue weighted by Crippen LogP contribution is -2.45. The Bertz CT molecular complexity index is 657. The predicted molar refractivity (Wildman–Crippen MR) is 86.0 cm³/mol. The average Bonchev–Trinajstić information content (AvgIpc) is 2.97. The monoisotopic (exact) mass is 317 g/mol. The van der Waals surface area contributed by atoms with Crippen LogP contribution in [0.25, 0.3) is 10.7 Å². The molecule has 0 spiro atoms. The first-order valence-corrected chi connectivity index (χ1v) is 8.30. The molecular formula is C16H19N3O2S. The van der Waals surface area contributed by atoms with Crippen molar-refractivity contribution in [1.82, 2.24) is 14.9 Å². The predicted octanol–water partition coefficient (Wildman–Crippen LogP) is 2.76. The standard InChI is InChI=1S/C16H19N3O2S/c1-3-12-10-19(8-9-21-12)16(20)14-11(2)18-15(22-14)13-6-4-5-7-17-13/h4-7,12H,3,8-10H2,1-2H3/t12-/m0/s1. The molecule has 1 aliphatic rings. The van der Waals surface area contributed by atoms with E-state index in [9.17, 15) is 4.79 Å². The Hall–Kier alpha value is -1.79.